The largest absolute Gasteiger partial charge is 0.492 e. The second-order valence-corrected chi connectivity index (χ2v) is 6.85. The van der Waals surface area contributed by atoms with E-state index in [1.54, 1.807) is 6.20 Å². The van der Waals surface area contributed by atoms with Gasteiger partial charge in [0.2, 0.25) is 5.28 Å². The van der Waals surface area contributed by atoms with Crippen molar-refractivity contribution in [2.45, 2.75) is 32.4 Å². The fraction of sp³-hybridized carbons (Fsp3) is 0.444. The molecule has 25 heavy (non-hydrogen) atoms. The van der Waals surface area contributed by atoms with Gasteiger partial charge in [-0.1, -0.05) is 17.7 Å². The molecule has 1 fully saturated rings. The predicted molar refractivity (Wildman–Crippen MR) is 102 cm³/mol. The molecule has 5 nitrogen and oxygen atoms in total. The molecule has 0 spiro atoms. The molecule has 0 aliphatic carbocycles. The molecular formula is C18H22Cl2N4O. The fourth-order valence-corrected chi connectivity index (χ4v) is 3.35. The lowest BCUT2D eigenvalue weighted by atomic mass is 10.0. The van der Waals surface area contributed by atoms with Gasteiger partial charge in [-0.3, -0.25) is 4.90 Å². The van der Waals surface area contributed by atoms with E-state index in [9.17, 15) is 0 Å². The van der Waals surface area contributed by atoms with E-state index in [2.05, 4.69) is 26.3 Å². The van der Waals surface area contributed by atoms with Crippen molar-refractivity contribution in [1.29, 1.82) is 0 Å². The molecule has 0 saturated carbocycles. The van der Waals surface area contributed by atoms with Crippen molar-refractivity contribution >= 4 is 29.0 Å². The lowest BCUT2D eigenvalue weighted by Gasteiger charge is -2.32. The molecule has 1 saturated heterocycles. The Bertz CT molecular complexity index is 705. The molecule has 1 aliphatic rings. The number of rotatable bonds is 6. The molecule has 1 aromatic heterocycles. The second kappa shape index (κ2) is 8.70. The van der Waals surface area contributed by atoms with Crippen molar-refractivity contribution in [1.82, 2.24) is 14.9 Å². The molecule has 0 amide bonds. The molecule has 0 bridgehead atoms. The van der Waals surface area contributed by atoms with Gasteiger partial charge in [-0.05, 0) is 55.1 Å². The SMILES string of the molecule is CCOc1cc(CN2CCC(Nc3ccnc(Cl)n3)CC2)ccc1Cl. The average Bonchev–Trinajstić information content (AvgIpc) is 2.60. The molecule has 134 valence electrons. The predicted octanol–water partition coefficient (Wildman–Crippen LogP) is 4.26. The molecule has 1 aliphatic heterocycles. The Morgan fingerprint density at radius 3 is 2.76 bits per heavy atom. The Balaban J connectivity index is 1.51. The van der Waals surface area contributed by atoms with Crippen LogP contribution in [0.2, 0.25) is 10.3 Å². The summed E-state index contributed by atoms with van der Waals surface area (Å²) in [6, 6.07) is 8.28. The number of nitrogens with zero attached hydrogens (tertiary/aromatic N) is 3. The number of benzene rings is 1. The smallest absolute Gasteiger partial charge is 0.224 e. The first-order chi connectivity index (χ1) is 12.1. The summed E-state index contributed by atoms with van der Waals surface area (Å²) in [5.74, 6) is 1.55. The van der Waals surface area contributed by atoms with E-state index >= 15 is 0 Å². The van der Waals surface area contributed by atoms with E-state index in [1.807, 2.05) is 25.1 Å². The summed E-state index contributed by atoms with van der Waals surface area (Å²) in [5, 5.41) is 4.38. The number of hydrogen-bond acceptors (Lipinski definition) is 5. The first-order valence-corrected chi connectivity index (χ1v) is 9.28. The van der Waals surface area contributed by atoms with Crippen LogP contribution >= 0.6 is 23.2 Å². The molecule has 1 N–H and O–H groups in total. The van der Waals surface area contributed by atoms with Crippen molar-refractivity contribution in [2.24, 2.45) is 0 Å². The van der Waals surface area contributed by atoms with Gasteiger partial charge < -0.3 is 10.1 Å². The number of piperidine rings is 1. The van der Waals surface area contributed by atoms with Crippen LogP contribution in [0.3, 0.4) is 0 Å². The van der Waals surface area contributed by atoms with Crippen LogP contribution in [0.5, 0.6) is 5.75 Å². The van der Waals surface area contributed by atoms with Crippen LogP contribution < -0.4 is 10.1 Å². The fourth-order valence-electron chi connectivity index (χ4n) is 3.03. The average molecular weight is 381 g/mol. The van der Waals surface area contributed by atoms with Gasteiger partial charge in [0, 0.05) is 31.9 Å². The van der Waals surface area contributed by atoms with Gasteiger partial charge in [0.05, 0.1) is 11.6 Å². The van der Waals surface area contributed by atoms with Crippen molar-refractivity contribution in [3.05, 3.63) is 46.3 Å². The minimum absolute atomic E-state index is 0.273. The normalized spacial score (nSPS) is 16.0. The minimum Gasteiger partial charge on any atom is -0.492 e. The maximum absolute atomic E-state index is 6.16. The molecule has 0 unspecified atom stereocenters. The zero-order chi connectivity index (χ0) is 17.6. The van der Waals surface area contributed by atoms with Crippen molar-refractivity contribution in [2.75, 3.05) is 25.0 Å². The quantitative estimate of drug-likeness (QED) is 0.758. The van der Waals surface area contributed by atoms with Gasteiger partial charge in [0.15, 0.2) is 0 Å². The first-order valence-electron chi connectivity index (χ1n) is 8.52. The monoisotopic (exact) mass is 380 g/mol. The Kier molecular flexibility index (Phi) is 6.34. The number of nitrogens with one attached hydrogen (secondary N) is 1. The van der Waals surface area contributed by atoms with Gasteiger partial charge >= 0.3 is 0 Å². The number of likely N-dealkylation sites (tertiary alicyclic amines) is 1. The lowest BCUT2D eigenvalue weighted by molar-refractivity contribution is 0.211. The Hall–Kier alpha value is -1.56. The van der Waals surface area contributed by atoms with E-state index in [0.717, 1.165) is 44.0 Å². The van der Waals surface area contributed by atoms with Crippen LogP contribution in [0, 0.1) is 0 Å². The number of aromatic nitrogens is 2. The van der Waals surface area contributed by atoms with E-state index < -0.39 is 0 Å². The van der Waals surface area contributed by atoms with Gasteiger partial charge in [-0.15, -0.1) is 0 Å². The standard InChI is InChI=1S/C18H22Cl2N4O/c1-2-25-16-11-13(3-4-15(16)19)12-24-9-6-14(7-10-24)22-17-5-8-21-18(20)23-17/h3-5,8,11,14H,2,6-7,9-10,12H2,1H3,(H,21,22,23). The van der Waals surface area contributed by atoms with Gasteiger partial charge in [0.1, 0.15) is 11.6 Å². The Morgan fingerprint density at radius 1 is 1.24 bits per heavy atom. The Labute approximate surface area is 158 Å². The number of anilines is 1. The van der Waals surface area contributed by atoms with Crippen LogP contribution in [0.25, 0.3) is 0 Å². The Morgan fingerprint density at radius 2 is 2.04 bits per heavy atom. The summed E-state index contributed by atoms with van der Waals surface area (Å²) in [6.45, 7) is 5.55. The third-order valence-corrected chi connectivity index (χ3v) is 4.76. The third kappa shape index (κ3) is 5.21. The summed E-state index contributed by atoms with van der Waals surface area (Å²) in [4.78, 5) is 10.5. The highest BCUT2D eigenvalue weighted by Gasteiger charge is 2.20. The first kappa shape index (κ1) is 18.2. The third-order valence-electron chi connectivity index (χ3n) is 4.27. The topological polar surface area (TPSA) is 50.3 Å². The van der Waals surface area contributed by atoms with E-state index in [0.29, 0.717) is 17.7 Å². The molecular weight excluding hydrogens is 359 g/mol. The second-order valence-electron chi connectivity index (χ2n) is 6.10. The van der Waals surface area contributed by atoms with Crippen LogP contribution in [-0.4, -0.2) is 40.6 Å². The summed E-state index contributed by atoms with van der Waals surface area (Å²) in [5.41, 5.74) is 1.22. The number of halogens is 2. The van der Waals surface area contributed by atoms with Crippen molar-refractivity contribution < 1.29 is 4.74 Å². The summed E-state index contributed by atoms with van der Waals surface area (Å²) < 4.78 is 5.58. The highest BCUT2D eigenvalue weighted by Crippen LogP contribution is 2.27. The molecule has 1 aromatic carbocycles. The summed E-state index contributed by atoms with van der Waals surface area (Å²) in [6.07, 6.45) is 3.80. The van der Waals surface area contributed by atoms with Crippen molar-refractivity contribution in [3.8, 4) is 5.75 Å². The van der Waals surface area contributed by atoms with Gasteiger partial charge in [-0.25, -0.2) is 9.97 Å². The van der Waals surface area contributed by atoms with Gasteiger partial charge in [0.25, 0.3) is 0 Å². The molecule has 2 heterocycles. The van der Waals surface area contributed by atoms with Gasteiger partial charge in [-0.2, -0.15) is 0 Å². The maximum Gasteiger partial charge on any atom is 0.224 e. The highest BCUT2D eigenvalue weighted by molar-refractivity contribution is 6.32. The molecule has 0 atom stereocenters. The van der Waals surface area contributed by atoms with E-state index in [1.165, 1.54) is 5.56 Å². The van der Waals surface area contributed by atoms with Crippen LogP contribution in [0.15, 0.2) is 30.5 Å². The summed E-state index contributed by atoms with van der Waals surface area (Å²) in [7, 11) is 0. The van der Waals surface area contributed by atoms with Crippen LogP contribution in [0.4, 0.5) is 5.82 Å². The number of ether oxygens (including phenoxy) is 1. The molecule has 7 heteroatoms. The minimum atomic E-state index is 0.273. The zero-order valence-electron chi connectivity index (χ0n) is 14.2. The zero-order valence-corrected chi connectivity index (χ0v) is 15.7. The maximum atomic E-state index is 6.16. The van der Waals surface area contributed by atoms with E-state index in [-0.39, 0.29) is 5.28 Å². The molecule has 3 rings (SSSR count). The van der Waals surface area contributed by atoms with Crippen LogP contribution in [0.1, 0.15) is 25.3 Å². The molecule has 0 radical (unpaired) electrons. The lowest BCUT2D eigenvalue weighted by Crippen LogP contribution is -2.38. The van der Waals surface area contributed by atoms with Crippen molar-refractivity contribution in [3.63, 3.8) is 0 Å². The summed E-state index contributed by atoms with van der Waals surface area (Å²) >= 11 is 12.0. The highest BCUT2D eigenvalue weighted by atomic mass is 35.5. The number of hydrogen-bond donors (Lipinski definition) is 1. The molecule has 2 aromatic rings. The van der Waals surface area contributed by atoms with E-state index in [4.69, 9.17) is 27.9 Å². The van der Waals surface area contributed by atoms with Crippen LogP contribution in [-0.2, 0) is 6.54 Å².